The van der Waals surface area contributed by atoms with Crippen molar-refractivity contribution in [3.63, 3.8) is 0 Å². The minimum absolute atomic E-state index is 0.0764. The fraction of sp³-hybridized carbons (Fsp3) is 0.500. The van der Waals surface area contributed by atoms with Crippen molar-refractivity contribution in [3.05, 3.63) is 12.3 Å². The van der Waals surface area contributed by atoms with E-state index in [4.69, 9.17) is 4.74 Å². The summed E-state index contributed by atoms with van der Waals surface area (Å²) >= 11 is 0. The first-order chi connectivity index (χ1) is 3.79. The molecule has 0 aliphatic carbocycles. The highest BCUT2D eigenvalue weighted by molar-refractivity contribution is 5.90. The van der Waals surface area contributed by atoms with Crippen molar-refractivity contribution in [1.82, 2.24) is 0 Å². The van der Waals surface area contributed by atoms with E-state index in [0.29, 0.717) is 6.42 Å². The van der Waals surface area contributed by atoms with Crippen molar-refractivity contribution in [1.29, 1.82) is 0 Å². The molecule has 2 nitrogen and oxygen atoms in total. The SMILES string of the molecule is C[C@H]1CC(=O)C=CO1. The first-order valence-corrected chi connectivity index (χ1v) is 2.64. The third-order valence-corrected chi connectivity index (χ3v) is 1.05. The van der Waals surface area contributed by atoms with Crippen LogP contribution in [0.2, 0.25) is 0 Å². The van der Waals surface area contributed by atoms with Gasteiger partial charge in [0, 0.05) is 12.5 Å². The fourth-order valence-electron chi connectivity index (χ4n) is 0.649. The number of ether oxygens (including phenoxy) is 1. The number of hydrogen-bond acceptors (Lipinski definition) is 2. The summed E-state index contributed by atoms with van der Waals surface area (Å²) in [5.41, 5.74) is 0. The average molecular weight is 112 g/mol. The van der Waals surface area contributed by atoms with Crippen LogP contribution in [0.4, 0.5) is 0 Å². The predicted octanol–water partition coefficient (Wildman–Crippen LogP) is 0.878. The van der Waals surface area contributed by atoms with Gasteiger partial charge in [0.05, 0.1) is 6.26 Å². The van der Waals surface area contributed by atoms with E-state index in [1.807, 2.05) is 6.92 Å². The molecule has 0 unspecified atom stereocenters. The molecule has 1 aliphatic heterocycles. The van der Waals surface area contributed by atoms with Crippen LogP contribution in [0.1, 0.15) is 13.3 Å². The maximum atomic E-state index is 10.5. The van der Waals surface area contributed by atoms with Crippen LogP contribution >= 0.6 is 0 Å². The molecule has 0 aromatic heterocycles. The molecule has 0 N–H and O–H groups in total. The van der Waals surface area contributed by atoms with E-state index < -0.39 is 0 Å². The van der Waals surface area contributed by atoms with Crippen molar-refractivity contribution in [2.75, 3.05) is 0 Å². The summed E-state index contributed by atoms with van der Waals surface area (Å²) in [5, 5.41) is 0. The second-order valence-electron chi connectivity index (χ2n) is 1.92. The molecule has 1 heterocycles. The zero-order valence-corrected chi connectivity index (χ0v) is 4.76. The van der Waals surface area contributed by atoms with Crippen LogP contribution in [0, 0.1) is 0 Å². The van der Waals surface area contributed by atoms with Crippen molar-refractivity contribution >= 4 is 5.78 Å². The number of carbonyl (C=O) groups is 1. The molecule has 0 bridgehead atoms. The Kier molecular flexibility index (Phi) is 1.33. The van der Waals surface area contributed by atoms with Crippen LogP contribution in [0.3, 0.4) is 0 Å². The van der Waals surface area contributed by atoms with E-state index in [2.05, 4.69) is 0 Å². The Morgan fingerprint density at radius 2 is 2.62 bits per heavy atom. The highest BCUT2D eigenvalue weighted by Crippen LogP contribution is 2.04. The van der Waals surface area contributed by atoms with Crippen molar-refractivity contribution < 1.29 is 9.53 Å². The molecule has 0 aromatic rings. The van der Waals surface area contributed by atoms with Gasteiger partial charge in [0.2, 0.25) is 0 Å². The minimum Gasteiger partial charge on any atom is -0.498 e. The van der Waals surface area contributed by atoms with Gasteiger partial charge in [-0.15, -0.1) is 0 Å². The summed E-state index contributed by atoms with van der Waals surface area (Å²) in [6.07, 6.45) is 3.51. The van der Waals surface area contributed by atoms with Gasteiger partial charge >= 0.3 is 0 Å². The topological polar surface area (TPSA) is 26.3 Å². The molecular formula is C6H8O2. The first-order valence-electron chi connectivity index (χ1n) is 2.64. The molecule has 0 saturated heterocycles. The predicted molar refractivity (Wildman–Crippen MR) is 29.3 cm³/mol. The van der Waals surface area contributed by atoms with Crippen molar-refractivity contribution in [3.8, 4) is 0 Å². The van der Waals surface area contributed by atoms with Crippen LogP contribution < -0.4 is 0 Å². The Morgan fingerprint density at radius 3 is 3.00 bits per heavy atom. The highest BCUT2D eigenvalue weighted by atomic mass is 16.5. The van der Waals surface area contributed by atoms with E-state index in [-0.39, 0.29) is 11.9 Å². The number of carbonyl (C=O) groups excluding carboxylic acids is 1. The Labute approximate surface area is 48.1 Å². The third-order valence-electron chi connectivity index (χ3n) is 1.05. The van der Waals surface area contributed by atoms with E-state index in [1.54, 1.807) is 0 Å². The van der Waals surface area contributed by atoms with Gasteiger partial charge in [-0.2, -0.15) is 0 Å². The van der Waals surface area contributed by atoms with E-state index in [1.165, 1.54) is 12.3 Å². The lowest BCUT2D eigenvalue weighted by atomic mass is 10.2. The van der Waals surface area contributed by atoms with Gasteiger partial charge in [0.15, 0.2) is 5.78 Å². The Balaban J connectivity index is 2.54. The Bertz CT molecular complexity index is 126. The monoisotopic (exact) mass is 112 g/mol. The third kappa shape index (κ3) is 1.09. The number of rotatable bonds is 0. The molecule has 0 amide bonds. The molecule has 1 rings (SSSR count). The summed E-state index contributed by atoms with van der Waals surface area (Å²) in [4.78, 5) is 10.5. The zero-order chi connectivity index (χ0) is 5.98. The van der Waals surface area contributed by atoms with Crippen LogP contribution in [-0.2, 0) is 9.53 Å². The van der Waals surface area contributed by atoms with Gasteiger partial charge in [-0.05, 0) is 6.92 Å². The molecule has 2 heteroatoms. The van der Waals surface area contributed by atoms with E-state index >= 15 is 0 Å². The summed E-state index contributed by atoms with van der Waals surface area (Å²) in [6.45, 7) is 1.88. The maximum absolute atomic E-state index is 10.5. The lowest BCUT2D eigenvalue weighted by molar-refractivity contribution is -0.117. The molecule has 0 fully saturated rings. The smallest absolute Gasteiger partial charge is 0.162 e. The quantitative estimate of drug-likeness (QED) is 0.465. The standard InChI is InChI=1S/C6H8O2/c1-5-4-6(7)2-3-8-5/h2-3,5H,4H2,1H3/t5-/m0/s1. The van der Waals surface area contributed by atoms with Gasteiger partial charge in [-0.3, -0.25) is 4.79 Å². The van der Waals surface area contributed by atoms with E-state index in [9.17, 15) is 4.79 Å². The first kappa shape index (κ1) is 5.35. The summed E-state index contributed by atoms with van der Waals surface area (Å²) in [7, 11) is 0. The van der Waals surface area contributed by atoms with Gasteiger partial charge in [-0.1, -0.05) is 0 Å². The second kappa shape index (κ2) is 1.99. The lowest BCUT2D eigenvalue weighted by Crippen LogP contribution is -2.13. The molecule has 0 spiro atoms. The van der Waals surface area contributed by atoms with Crippen LogP contribution in [0.15, 0.2) is 12.3 Å². The summed E-state index contributed by atoms with van der Waals surface area (Å²) < 4.78 is 4.95. The van der Waals surface area contributed by atoms with Crippen molar-refractivity contribution in [2.24, 2.45) is 0 Å². The Morgan fingerprint density at radius 1 is 1.88 bits per heavy atom. The molecule has 0 radical (unpaired) electrons. The molecule has 44 valence electrons. The fourth-order valence-corrected chi connectivity index (χ4v) is 0.649. The Hall–Kier alpha value is -0.790. The normalized spacial score (nSPS) is 27.6. The molecule has 1 aliphatic rings. The van der Waals surface area contributed by atoms with Crippen molar-refractivity contribution in [2.45, 2.75) is 19.4 Å². The van der Waals surface area contributed by atoms with Crippen LogP contribution in [0.5, 0.6) is 0 Å². The van der Waals surface area contributed by atoms with Crippen LogP contribution in [0.25, 0.3) is 0 Å². The molecule has 1 atom stereocenters. The largest absolute Gasteiger partial charge is 0.498 e. The number of ketones is 1. The highest BCUT2D eigenvalue weighted by Gasteiger charge is 2.09. The number of allylic oxidation sites excluding steroid dienone is 1. The number of hydrogen-bond donors (Lipinski definition) is 0. The molecule has 0 saturated carbocycles. The minimum atomic E-state index is 0.0764. The second-order valence-corrected chi connectivity index (χ2v) is 1.92. The average Bonchev–Trinajstić information content (AvgIpc) is 1.64. The van der Waals surface area contributed by atoms with Crippen LogP contribution in [-0.4, -0.2) is 11.9 Å². The lowest BCUT2D eigenvalue weighted by Gasteiger charge is -2.12. The van der Waals surface area contributed by atoms with Gasteiger partial charge in [0.1, 0.15) is 6.10 Å². The molecule has 8 heavy (non-hydrogen) atoms. The molecule has 0 aromatic carbocycles. The zero-order valence-electron chi connectivity index (χ0n) is 4.76. The molecular weight excluding hydrogens is 104 g/mol. The maximum Gasteiger partial charge on any atom is 0.162 e. The van der Waals surface area contributed by atoms with Gasteiger partial charge < -0.3 is 4.74 Å². The van der Waals surface area contributed by atoms with E-state index in [0.717, 1.165) is 0 Å². The van der Waals surface area contributed by atoms with Gasteiger partial charge in [0.25, 0.3) is 0 Å². The summed E-state index contributed by atoms with van der Waals surface area (Å²) in [5.74, 6) is 0.156. The summed E-state index contributed by atoms with van der Waals surface area (Å²) in [6, 6.07) is 0. The van der Waals surface area contributed by atoms with Gasteiger partial charge in [-0.25, -0.2) is 0 Å².